The molecular formula is C27H25IrN2O3+. The number of fused-ring (bicyclic) bond motifs is 4. The molecule has 1 aromatic heterocycles. The van der Waals surface area contributed by atoms with E-state index in [0.29, 0.717) is 6.04 Å². The van der Waals surface area contributed by atoms with Gasteiger partial charge in [0.2, 0.25) is 0 Å². The number of benzene rings is 3. The van der Waals surface area contributed by atoms with Crippen LogP contribution in [-0.2, 0) is 24.9 Å². The predicted octanol–water partition coefficient (Wildman–Crippen LogP) is 6.50. The quantitative estimate of drug-likeness (QED) is 0.124. The second-order valence-corrected chi connectivity index (χ2v) is 7.95. The molecule has 0 saturated heterocycles. The van der Waals surface area contributed by atoms with Crippen LogP contribution < -0.4 is 4.58 Å². The fraction of sp³-hybridized carbons (Fsp3) is 0.185. The Bertz CT molecular complexity index is 1440. The van der Waals surface area contributed by atoms with Crippen molar-refractivity contribution in [3.8, 4) is 0 Å². The van der Waals surface area contributed by atoms with Gasteiger partial charge >= 0.3 is 6.01 Å². The van der Waals surface area contributed by atoms with Gasteiger partial charge < -0.3 is 9.52 Å². The fourth-order valence-corrected chi connectivity index (χ4v) is 3.77. The van der Waals surface area contributed by atoms with Crippen LogP contribution >= 0.6 is 0 Å². The minimum atomic E-state index is -0.125. The molecule has 2 heterocycles. The van der Waals surface area contributed by atoms with Gasteiger partial charge in [-0.3, -0.25) is 4.79 Å². The van der Waals surface area contributed by atoms with Crippen molar-refractivity contribution in [2.24, 2.45) is 0 Å². The Labute approximate surface area is 206 Å². The van der Waals surface area contributed by atoms with Gasteiger partial charge in [-0.15, -0.1) is 6.07 Å². The Morgan fingerprint density at radius 1 is 1.03 bits per heavy atom. The number of aliphatic hydroxyl groups is 1. The van der Waals surface area contributed by atoms with E-state index >= 15 is 0 Å². The molecule has 0 saturated carbocycles. The number of furan rings is 1. The van der Waals surface area contributed by atoms with E-state index in [1.54, 1.807) is 0 Å². The predicted molar refractivity (Wildman–Crippen MR) is 128 cm³/mol. The Morgan fingerprint density at radius 2 is 1.70 bits per heavy atom. The average Bonchev–Trinajstić information content (AvgIpc) is 3.32. The van der Waals surface area contributed by atoms with Gasteiger partial charge in [-0.25, -0.2) is 0 Å². The number of carbonyl (C=O) groups is 1. The van der Waals surface area contributed by atoms with Gasteiger partial charge in [0.1, 0.15) is 5.58 Å². The Hall–Kier alpha value is -3.30. The summed E-state index contributed by atoms with van der Waals surface area (Å²) in [6, 6.07) is 27.7. The summed E-state index contributed by atoms with van der Waals surface area (Å²) in [5.41, 5.74) is 4.88. The van der Waals surface area contributed by atoms with E-state index in [9.17, 15) is 4.79 Å². The minimum Gasteiger partial charge on any atom is -0.512 e. The van der Waals surface area contributed by atoms with Crippen LogP contribution in [0.4, 0.5) is 17.1 Å². The maximum absolute atomic E-state index is 10.0. The number of nitrogens with zero attached hydrogens (tertiary/aromatic N) is 2. The van der Waals surface area contributed by atoms with E-state index in [1.807, 2.05) is 24.3 Å². The molecule has 0 atom stereocenters. The second kappa shape index (κ2) is 10.1. The van der Waals surface area contributed by atoms with E-state index in [-0.39, 0.29) is 31.6 Å². The molecule has 0 unspecified atom stereocenters. The molecule has 6 heteroatoms. The number of allylic oxidation sites excluding steroid dienone is 2. The van der Waals surface area contributed by atoms with Crippen molar-refractivity contribution in [1.29, 1.82) is 0 Å². The van der Waals surface area contributed by atoms with Crippen LogP contribution in [0.5, 0.6) is 0 Å². The van der Waals surface area contributed by atoms with E-state index < -0.39 is 0 Å². The zero-order chi connectivity index (χ0) is 22.8. The molecule has 4 aromatic rings. The number of ketones is 1. The molecule has 33 heavy (non-hydrogen) atoms. The van der Waals surface area contributed by atoms with Crippen molar-refractivity contribution in [1.82, 2.24) is 4.58 Å². The molecule has 1 N–H and O–H groups in total. The van der Waals surface area contributed by atoms with Gasteiger partial charge in [-0.05, 0) is 33.8 Å². The van der Waals surface area contributed by atoms with Gasteiger partial charge in [0.15, 0.2) is 17.5 Å². The van der Waals surface area contributed by atoms with Crippen molar-refractivity contribution in [3.63, 3.8) is 0 Å². The van der Waals surface area contributed by atoms with Crippen molar-refractivity contribution in [3.05, 3.63) is 78.6 Å². The zero-order valence-electron chi connectivity index (χ0n) is 18.9. The van der Waals surface area contributed by atoms with Gasteiger partial charge in [-0.2, -0.15) is 12.1 Å². The molecule has 5 nitrogen and oxygen atoms in total. The molecule has 1 radical (unpaired) electrons. The van der Waals surface area contributed by atoms with Crippen molar-refractivity contribution >= 4 is 50.8 Å². The Balaban J connectivity index is 0.000000337. The number of rotatable bonds is 3. The van der Waals surface area contributed by atoms with Crippen LogP contribution in [0, 0.1) is 6.07 Å². The first kappa shape index (κ1) is 24.3. The normalized spacial score (nSPS) is 12.6. The number of hydrogen-bond donors (Lipinski definition) is 1. The molecule has 0 amide bonds. The van der Waals surface area contributed by atoms with Crippen LogP contribution in [0.2, 0.25) is 0 Å². The van der Waals surface area contributed by atoms with Gasteiger partial charge in [0, 0.05) is 43.7 Å². The topological polar surface area (TPSA) is 56.5 Å². The molecule has 169 valence electrons. The largest absolute Gasteiger partial charge is 0.512 e. The Morgan fingerprint density at radius 3 is 2.33 bits per heavy atom. The molecule has 0 aliphatic carbocycles. The van der Waals surface area contributed by atoms with Gasteiger partial charge in [0.25, 0.3) is 11.4 Å². The molecule has 5 rings (SSSR count). The first-order chi connectivity index (χ1) is 15.4. The summed E-state index contributed by atoms with van der Waals surface area (Å²) in [5, 5.41) is 10.6. The van der Waals surface area contributed by atoms with E-state index in [2.05, 4.69) is 71.5 Å². The number of hydrogen-bond acceptors (Lipinski definition) is 3. The second-order valence-electron chi connectivity index (χ2n) is 7.95. The number of aliphatic hydroxyl groups excluding tert-OH is 1. The van der Waals surface area contributed by atoms with Crippen LogP contribution in [0.15, 0.2) is 76.9 Å². The summed E-state index contributed by atoms with van der Waals surface area (Å²) in [7, 11) is 0. The summed E-state index contributed by atoms with van der Waals surface area (Å²) in [5.74, 6) is -0.0625. The first-order valence-corrected chi connectivity index (χ1v) is 10.5. The Kier molecular flexibility index (Phi) is 7.45. The SMILES string of the molecule is CC(=O)/C=C(/C)O.CC(C)[N+]1=C=[N+](c2[c-]ccc3c2oc2ccccc23)c2ccccc21.[Ir]. The van der Waals surface area contributed by atoms with E-state index in [4.69, 9.17) is 9.52 Å². The van der Waals surface area contributed by atoms with E-state index in [0.717, 1.165) is 39.0 Å². The maximum Gasteiger partial charge on any atom is 0.494 e. The van der Waals surface area contributed by atoms with Crippen molar-refractivity contribution in [2.45, 2.75) is 33.7 Å². The summed E-state index contributed by atoms with van der Waals surface area (Å²) < 4.78 is 10.4. The number of carbonyl (C=O) groups excluding carboxylic acids is 1. The molecule has 3 aromatic carbocycles. The first-order valence-electron chi connectivity index (χ1n) is 10.5. The summed E-state index contributed by atoms with van der Waals surface area (Å²) in [4.78, 5) is 10.0. The van der Waals surface area contributed by atoms with Crippen LogP contribution in [0.1, 0.15) is 27.7 Å². The van der Waals surface area contributed by atoms with Crippen molar-refractivity contribution in [2.75, 3.05) is 0 Å². The van der Waals surface area contributed by atoms with Crippen molar-refractivity contribution < 1.29 is 39.0 Å². The van der Waals surface area contributed by atoms with Crippen LogP contribution in [0.3, 0.4) is 0 Å². The summed E-state index contributed by atoms with van der Waals surface area (Å²) in [6.45, 7) is 7.18. The van der Waals surface area contributed by atoms with E-state index in [1.165, 1.54) is 19.9 Å². The average molecular weight is 618 g/mol. The number of para-hydroxylation sites is 3. The molecule has 0 spiro atoms. The van der Waals surface area contributed by atoms with Crippen LogP contribution in [0.25, 0.3) is 21.9 Å². The molecule has 0 fully saturated rings. The molecule has 0 bridgehead atoms. The standard InChI is InChI=1S/C22H17N2O.C5H8O2.Ir/c1-15(2)23-14-24(19-11-5-4-10-18(19)23)20-12-7-9-17-16-8-3-6-13-21(16)25-22(17)20;1-4(6)3-5(2)7;/h3-11,13,15H,1-2H3;3,6H,1-2H3;/q+1;;/b;4-3-;. The zero-order valence-corrected chi connectivity index (χ0v) is 21.3. The summed E-state index contributed by atoms with van der Waals surface area (Å²) in [6.07, 6.45) is 1.17. The molecular weight excluding hydrogens is 593 g/mol. The van der Waals surface area contributed by atoms with Crippen LogP contribution in [-0.4, -0.2) is 27.5 Å². The monoisotopic (exact) mass is 618 g/mol. The van der Waals surface area contributed by atoms with Gasteiger partial charge in [0.05, 0.1) is 11.3 Å². The van der Waals surface area contributed by atoms with Gasteiger partial charge in [-0.1, -0.05) is 44.9 Å². The third-order valence-corrected chi connectivity index (χ3v) is 5.06. The smallest absolute Gasteiger partial charge is 0.494 e. The minimum absolute atomic E-state index is 0. The third kappa shape index (κ3) is 4.89. The fourth-order valence-electron chi connectivity index (χ4n) is 3.77. The molecule has 1 aliphatic rings. The molecule has 1 aliphatic heterocycles. The summed E-state index contributed by atoms with van der Waals surface area (Å²) >= 11 is 0. The third-order valence-electron chi connectivity index (χ3n) is 5.06. The maximum atomic E-state index is 10.0.